The zero-order chi connectivity index (χ0) is 16.2. The summed E-state index contributed by atoms with van der Waals surface area (Å²) in [7, 11) is 0. The van der Waals surface area contributed by atoms with Crippen LogP contribution in [0.3, 0.4) is 0 Å². The molecular formula is C17H20N4O2. The lowest BCUT2D eigenvalue weighted by atomic mass is 9.85. The highest BCUT2D eigenvalue weighted by Crippen LogP contribution is 2.27. The number of aromatic amines is 1. The lowest BCUT2D eigenvalue weighted by molar-refractivity contribution is -0.122. The predicted octanol–water partition coefficient (Wildman–Crippen LogP) is 2.39. The first kappa shape index (κ1) is 15.3. The van der Waals surface area contributed by atoms with Crippen LogP contribution in [0.1, 0.15) is 40.7 Å². The van der Waals surface area contributed by atoms with Crippen LogP contribution in [-0.2, 0) is 11.3 Å². The molecule has 1 saturated carbocycles. The second kappa shape index (κ2) is 6.64. The van der Waals surface area contributed by atoms with Gasteiger partial charge >= 0.3 is 0 Å². The van der Waals surface area contributed by atoms with Crippen LogP contribution in [0.15, 0.2) is 30.5 Å². The van der Waals surface area contributed by atoms with Gasteiger partial charge in [0.15, 0.2) is 0 Å². The summed E-state index contributed by atoms with van der Waals surface area (Å²) < 4.78 is 0. The maximum Gasteiger partial charge on any atom is 0.256 e. The van der Waals surface area contributed by atoms with E-state index in [1.54, 1.807) is 0 Å². The SMILES string of the molecule is Cc1ccc(CNC(=O)c2cn[nH]c2NC(=O)C2CCC2)cc1. The van der Waals surface area contributed by atoms with E-state index in [0.717, 1.165) is 24.8 Å². The van der Waals surface area contributed by atoms with Crippen LogP contribution in [0.4, 0.5) is 5.82 Å². The number of aromatic nitrogens is 2. The summed E-state index contributed by atoms with van der Waals surface area (Å²) in [6.07, 6.45) is 4.34. The molecule has 1 fully saturated rings. The molecular weight excluding hydrogens is 292 g/mol. The highest BCUT2D eigenvalue weighted by Gasteiger charge is 2.26. The van der Waals surface area contributed by atoms with E-state index < -0.39 is 0 Å². The van der Waals surface area contributed by atoms with Gasteiger partial charge in [-0.1, -0.05) is 36.2 Å². The number of nitrogens with one attached hydrogen (secondary N) is 3. The van der Waals surface area contributed by atoms with Gasteiger partial charge in [0.1, 0.15) is 11.4 Å². The molecule has 0 unspecified atom stereocenters. The summed E-state index contributed by atoms with van der Waals surface area (Å²) >= 11 is 0. The van der Waals surface area contributed by atoms with Crippen LogP contribution >= 0.6 is 0 Å². The molecule has 0 radical (unpaired) electrons. The first-order chi connectivity index (χ1) is 11.1. The fourth-order valence-electron chi connectivity index (χ4n) is 2.43. The molecule has 1 aromatic heterocycles. The third-order valence-electron chi connectivity index (χ3n) is 4.18. The van der Waals surface area contributed by atoms with Gasteiger partial charge < -0.3 is 10.6 Å². The van der Waals surface area contributed by atoms with Crippen LogP contribution in [0.25, 0.3) is 0 Å². The first-order valence-corrected chi connectivity index (χ1v) is 7.81. The number of carbonyl (C=O) groups excluding carboxylic acids is 2. The zero-order valence-corrected chi connectivity index (χ0v) is 13.1. The van der Waals surface area contributed by atoms with Gasteiger partial charge in [-0.25, -0.2) is 0 Å². The van der Waals surface area contributed by atoms with Crippen molar-refractivity contribution in [1.82, 2.24) is 15.5 Å². The van der Waals surface area contributed by atoms with E-state index in [1.165, 1.54) is 11.8 Å². The average Bonchev–Trinajstić information content (AvgIpc) is 2.92. The van der Waals surface area contributed by atoms with Gasteiger partial charge in [-0.2, -0.15) is 5.10 Å². The summed E-state index contributed by atoms with van der Waals surface area (Å²) in [5, 5.41) is 12.2. The van der Waals surface area contributed by atoms with E-state index in [4.69, 9.17) is 0 Å². The molecule has 2 amide bonds. The third kappa shape index (κ3) is 3.59. The highest BCUT2D eigenvalue weighted by molar-refractivity contribution is 6.03. The van der Waals surface area contributed by atoms with Crippen LogP contribution in [0.5, 0.6) is 0 Å². The van der Waals surface area contributed by atoms with Crippen molar-refractivity contribution in [3.8, 4) is 0 Å². The molecule has 2 aromatic rings. The van der Waals surface area contributed by atoms with Gasteiger partial charge in [-0.05, 0) is 25.3 Å². The quantitative estimate of drug-likeness (QED) is 0.792. The van der Waals surface area contributed by atoms with E-state index >= 15 is 0 Å². The molecule has 6 nitrogen and oxygen atoms in total. The Labute approximate surface area is 134 Å². The second-order valence-corrected chi connectivity index (χ2v) is 5.94. The highest BCUT2D eigenvalue weighted by atomic mass is 16.2. The fraction of sp³-hybridized carbons (Fsp3) is 0.353. The van der Waals surface area contributed by atoms with E-state index in [9.17, 15) is 9.59 Å². The van der Waals surface area contributed by atoms with E-state index in [1.807, 2.05) is 31.2 Å². The number of amides is 2. The molecule has 0 spiro atoms. The number of aryl methyl sites for hydroxylation is 1. The molecule has 6 heteroatoms. The lowest BCUT2D eigenvalue weighted by Crippen LogP contribution is -2.30. The Morgan fingerprint density at radius 3 is 2.65 bits per heavy atom. The van der Waals surface area contributed by atoms with E-state index in [0.29, 0.717) is 17.9 Å². The standard InChI is InChI=1S/C17H20N4O2/c1-11-5-7-12(8-6-11)9-18-17(23)14-10-19-21-15(14)20-16(22)13-3-2-4-13/h5-8,10,13H,2-4,9H2,1H3,(H,18,23)(H2,19,20,21,22). The molecule has 1 aromatic carbocycles. The lowest BCUT2D eigenvalue weighted by Gasteiger charge is -2.23. The Morgan fingerprint density at radius 1 is 1.26 bits per heavy atom. The molecule has 23 heavy (non-hydrogen) atoms. The Kier molecular flexibility index (Phi) is 4.41. The van der Waals surface area contributed by atoms with Crippen molar-refractivity contribution in [3.05, 3.63) is 47.2 Å². The number of rotatable bonds is 5. The molecule has 3 N–H and O–H groups in total. The minimum atomic E-state index is -0.261. The van der Waals surface area contributed by atoms with Crippen molar-refractivity contribution < 1.29 is 9.59 Å². The average molecular weight is 312 g/mol. The molecule has 1 heterocycles. The second-order valence-electron chi connectivity index (χ2n) is 5.94. The molecule has 3 rings (SSSR count). The van der Waals surface area contributed by atoms with Crippen molar-refractivity contribution in [2.24, 2.45) is 5.92 Å². The van der Waals surface area contributed by atoms with Crippen molar-refractivity contribution in [3.63, 3.8) is 0 Å². The summed E-state index contributed by atoms with van der Waals surface area (Å²) in [6, 6.07) is 7.96. The van der Waals surface area contributed by atoms with Crippen molar-refractivity contribution >= 4 is 17.6 Å². The summed E-state index contributed by atoms with van der Waals surface area (Å²) in [4.78, 5) is 24.3. The van der Waals surface area contributed by atoms with Gasteiger partial charge in [0.2, 0.25) is 5.91 Å². The largest absolute Gasteiger partial charge is 0.348 e. The van der Waals surface area contributed by atoms with Crippen LogP contribution in [0.2, 0.25) is 0 Å². The van der Waals surface area contributed by atoms with Crippen LogP contribution < -0.4 is 10.6 Å². The van der Waals surface area contributed by atoms with Gasteiger partial charge in [-0.3, -0.25) is 14.7 Å². The zero-order valence-electron chi connectivity index (χ0n) is 13.1. The molecule has 0 saturated heterocycles. The van der Waals surface area contributed by atoms with Crippen LogP contribution in [0, 0.1) is 12.8 Å². The normalized spacial score (nSPS) is 14.1. The van der Waals surface area contributed by atoms with Gasteiger partial charge in [0, 0.05) is 12.5 Å². The monoisotopic (exact) mass is 312 g/mol. The topological polar surface area (TPSA) is 86.9 Å². The maximum absolute atomic E-state index is 12.3. The smallest absolute Gasteiger partial charge is 0.256 e. The van der Waals surface area contributed by atoms with Gasteiger partial charge in [0.25, 0.3) is 5.91 Å². The summed E-state index contributed by atoms with van der Waals surface area (Å²) in [5.41, 5.74) is 2.55. The number of anilines is 1. The molecule has 0 bridgehead atoms. The molecule has 0 atom stereocenters. The van der Waals surface area contributed by atoms with Crippen LogP contribution in [-0.4, -0.2) is 22.0 Å². The first-order valence-electron chi connectivity index (χ1n) is 7.81. The van der Waals surface area contributed by atoms with E-state index in [2.05, 4.69) is 20.8 Å². The van der Waals surface area contributed by atoms with Gasteiger partial charge in [-0.15, -0.1) is 0 Å². The minimum Gasteiger partial charge on any atom is -0.348 e. The number of benzene rings is 1. The Morgan fingerprint density at radius 2 is 2.00 bits per heavy atom. The number of carbonyl (C=O) groups is 2. The van der Waals surface area contributed by atoms with Crippen molar-refractivity contribution in [2.45, 2.75) is 32.7 Å². The molecule has 120 valence electrons. The molecule has 1 aliphatic carbocycles. The minimum absolute atomic E-state index is 0.0481. The van der Waals surface area contributed by atoms with Crippen molar-refractivity contribution in [1.29, 1.82) is 0 Å². The Balaban J connectivity index is 1.60. The fourth-order valence-corrected chi connectivity index (χ4v) is 2.43. The summed E-state index contributed by atoms with van der Waals surface area (Å²) in [5.74, 6) is 0.112. The summed E-state index contributed by atoms with van der Waals surface area (Å²) in [6.45, 7) is 2.45. The molecule has 0 aliphatic heterocycles. The van der Waals surface area contributed by atoms with Crippen molar-refractivity contribution in [2.75, 3.05) is 5.32 Å². The number of nitrogens with zero attached hydrogens (tertiary/aromatic N) is 1. The number of hydrogen-bond donors (Lipinski definition) is 3. The number of hydrogen-bond acceptors (Lipinski definition) is 3. The molecule has 1 aliphatic rings. The van der Waals surface area contributed by atoms with Gasteiger partial charge in [0.05, 0.1) is 6.20 Å². The Bertz CT molecular complexity index is 702. The predicted molar refractivity (Wildman–Crippen MR) is 86.9 cm³/mol. The number of H-pyrrole nitrogens is 1. The van der Waals surface area contributed by atoms with E-state index in [-0.39, 0.29) is 17.7 Å². The third-order valence-corrected chi connectivity index (χ3v) is 4.18. The maximum atomic E-state index is 12.3. The Hall–Kier alpha value is -2.63.